The molecule has 0 unspecified atom stereocenters. The molecule has 0 bridgehead atoms. The average Bonchev–Trinajstić information content (AvgIpc) is 2.50. The fraction of sp³-hybridized carbons (Fsp3) is 0.167. The van der Waals surface area contributed by atoms with E-state index in [-0.39, 0.29) is 5.56 Å². The van der Waals surface area contributed by atoms with Gasteiger partial charge in [-0.05, 0) is 41.6 Å². The van der Waals surface area contributed by atoms with E-state index in [2.05, 4.69) is 22.5 Å². The number of benzene rings is 1. The molecule has 2 rings (SSSR count). The summed E-state index contributed by atoms with van der Waals surface area (Å²) in [4.78, 5) is 12.6. The van der Waals surface area contributed by atoms with Gasteiger partial charge in [0.1, 0.15) is 0 Å². The van der Waals surface area contributed by atoms with Crippen LogP contribution in [0.1, 0.15) is 6.42 Å². The summed E-state index contributed by atoms with van der Waals surface area (Å²) >= 11 is 3.42. The van der Waals surface area contributed by atoms with Crippen LogP contribution in [0.5, 0.6) is 0 Å². The van der Waals surface area contributed by atoms with Crippen LogP contribution < -0.4 is 11.3 Å². The Morgan fingerprint density at radius 2 is 2.18 bits per heavy atom. The van der Waals surface area contributed by atoms with E-state index in [1.807, 2.05) is 54.8 Å². The van der Waals surface area contributed by atoms with E-state index in [0.29, 0.717) is 13.1 Å². The maximum atomic E-state index is 12.6. The van der Waals surface area contributed by atoms with Gasteiger partial charge >= 0.3 is 0 Å². The van der Waals surface area contributed by atoms with Crippen LogP contribution in [0.3, 0.4) is 0 Å². The lowest BCUT2D eigenvalue weighted by molar-refractivity contribution is 0.742. The second-order valence-electron chi connectivity index (χ2n) is 4.96. The summed E-state index contributed by atoms with van der Waals surface area (Å²) in [6.45, 7) is 4.82. The maximum absolute atomic E-state index is 12.6. The van der Waals surface area contributed by atoms with E-state index in [0.717, 1.165) is 27.2 Å². The van der Waals surface area contributed by atoms with Crippen molar-refractivity contribution in [3.05, 3.63) is 81.7 Å². The topological polar surface area (TPSA) is 48.0 Å². The van der Waals surface area contributed by atoms with Crippen LogP contribution in [0.4, 0.5) is 0 Å². The molecule has 1 aromatic carbocycles. The highest BCUT2D eigenvalue weighted by molar-refractivity contribution is 9.10. The molecule has 0 spiro atoms. The molecule has 2 aromatic rings. The molecule has 0 radical (unpaired) electrons. The number of halogens is 1. The highest BCUT2D eigenvalue weighted by Crippen LogP contribution is 2.17. The number of aromatic nitrogens is 1. The molecular formula is C18H19BrN2O. The molecule has 0 aliphatic carbocycles. The van der Waals surface area contributed by atoms with Crippen LogP contribution in [0, 0.1) is 0 Å². The highest BCUT2D eigenvalue weighted by atomic mass is 79.9. The second kappa shape index (κ2) is 7.92. The van der Waals surface area contributed by atoms with Crippen molar-refractivity contribution < 1.29 is 0 Å². The van der Waals surface area contributed by atoms with Gasteiger partial charge in [0.05, 0.1) is 0 Å². The predicted molar refractivity (Wildman–Crippen MR) is 97.0 cm³/mol. The first kappa shape index (κ1) is 16.5. The fourth-order valence-electron chi connectivity index (χ4n) is 2.26. The first-order valence-corrected chi connectivity index (χ1v) is 7.89. The third kappa shape index (κ3) is 4.06. The van der Waals surface area contributed by atoms with Gasteiger partial charge in [-0.1, -0.05) is 40.2 Å². The molecule has 0 atom stereocenters. The normalized spacial score (nSPS) is 12.2. The van der Waals surface area contributed by atoms with Gasteiger partial charge in [-0.3, -0.25) is 4.79 Å². The largest absolute Gasteiger partial charge is 0.327 e. The van der Waals surface area contributed by atoms with E-state index in [1.165, 1.54) is 0 Å². The third-order valence-electron chi connectivity index (χ3n) is 3.32. The van der Waals surface area contributed by atoms with E-state index >= 15 is 0 Å². The standard InChI is InChI=1S/C18H19BrN2O/c1-2-5-14(6-3-4-10-20)13-21-11-9-15-12-16(19)7-8-17(15)18(21)22/h2-4,6-9,11-12H,1,5,10,13,20H2/b4-3-,14-6+. The summed E-state index contributed by atoms with van der Waals surface area (Å²) in [6.07, 6.45) is 10.2. The Morgan fingerprint density at radius 1 is 1.36 bits per heavy atom. The zero-order valence-electron chi connectivity index (χ0n) is 12.3. The summed E-state index contributed by atoms with van der Waals surface area (Å²) in [5.41, 5.74) is 6.57. The van der Waals surface area contributed by atoms with Crippen molar-refractivity contribution in [2.75, 3.05) is 6.54 Å². The van der Waals surface area contributed by atoms with Crippen molar-refractivity contribution in [3.8, 4) is 0 Å². The SMILES string of the molecule is C=CC/C(=C\C=C/CN)Cn1ccc2cc(Br)ccc2c1=O. The zero-order valence-corrected chi connectivity index (χ0v) is 13.9. The summed E-state index contributed by atoms with van der Waals surface area (Å²) in [5, 5.41) is 1.66. The Bertz CT molecular complexity index is 787. The number of pyridine rings is 1. The van der Waals surface area contributed by atoms with Gasteiger partial charge in [0.25, 0.3) is 5.56 Å². The van der Waals surface area contributed by atoms with Crippen LogP contribution in [0.2, 0.25) is 0 Å². The number of hydrogen-bond acceptors (Lipinski definition) is 2. The second-order valence-corrected chi connectivity index (χ2v) is 5.88. The smallest absolute Gasteiger partial charge is 0.258 e. The lowest BCUT2D eigenvalue weighted by atomic mass is 10.1. The number of nitrogens with two attached hydrogens (primary N) is 1. The van der Waals surface area contributed by atoms with Crippen LogP contribution in [0.15, 0.2) is 76.2 Å². The predicted octanol–water partition coefficient (Wildman–Crippen LogP) is 3.78. The molecule has 3 nitrogen and oxygen atoms in total. The summed E-state index contributed by atoms with van der Waals surface area (Å²) < 4.78 is 2.69. The lowest BCUT2D eigenvalue weighted by Gasteiger charge is -2.09. The van der Waals surface area contributed by atoms with E-state index < -0.39 is 0 Å². The van der Waals surface area contributed by atoms with E-state index in [9.17, 15) is 4.79 Å². The fourth-order valence-corrected chi connectivity index (χ4v) is 2.63. The summed E-state index contributed by atoms with van der Waals surface area (Å²) in [6, 6.07) is 7.65. The Labute approximate surface area is 138 Å². The molecule has 0 fully saturated rings. The van der Waals surface area contributed by atoms with Gasteiger partial charge in [0, 0.05) is 29.1 Å². The van der Waals surface area contributed by atoms with Crippen molar-refractivity contribution in [2.45, 2.75) is 13.0 Å². The molecule has 0 aliphatic heterocycles. The molecule has 4 heteroatoms. The van der Waals surface area contributed by atoms with Gasteiger partial charge in [0.15, 0.2) is 0 Å². The van der Waals surface area contributed by atoms with Crippen molar-refractivity contribution in [1.82, 2.24) is 4.57 Å². The van der Waals surface area contributed by atoms with Crippen molar-refractivity contribution in [3.63, 3.8) is 0 Å². The first-order chi connectivity index (χ1) is 10.7. The van der Waals surface area contributed by atoms with Gasteiger partial charge in [-0.15, -0.1) is 6.58 Å². The Morgan fingerprint density at radius 3 is 2.91 bits per heavy atom. The average molecular weight is 359 g/mol. The molecule has 2 N–H and O–H groups in total. The number of nitrogens with zero attached hydrogens (tertiary/aromatic N) is 1. The summed E-state index contributed by atoms with van der Waals surface area (Å²) in [7, 11) is 0. The maximum Gasteiger partial charge on any atom is 0.258 e. The molecule has 0 aliphatic rings. The number of allylic oxidation sites excluding steroid dienone is 4. The molecule has 1 heterocycles. The van der Waals surface area contributed by atoms with Gasteiger partial charge in [-0.25, -0.2) is 0 Å². The van der Waals surface area contributed by atoms with Crippen LogP contribution in [-0.2, 0) is 6.54 Å². The van der Waals surface area contributed by atoms with Gasteiger partial charge < -0.3 is 10.3 Å². The molecule has 0 saturated carbocycles. The Kier molecular flexibility index (Phi) is 5.92. The summed E-state index contributed by atoms with van der Waals surface area (Å²) in [5.74, 6) is 0. The van der Waals surface area contributed by atoms with Gasteiger partial charge in [0.2, 0.25) is 0 Å². The third-order valence-corrected chi connectivity index (χ3v) is 3.82. The monoisotopic (exact) mass is 358 g/mol. The number of hydrogen-bond donors (Lipinski definition) is 1. The van der Waals surface area contributed by atoms with Crippen molar-refractivity contribution in [2.24, 2.45) is 5.73 Å². The van der Waals surface area contributed by atoms with Crippen LogP contribution in [0.25, 0.3) is 10.8 Å². The number of rotatable bonds is 6. The zero-order chi connectivity index (χ0) is 15.9. The number of fused-ring (bicyclic) bond motifs is 1. The Hall–Kier alpha value is -1.91. The van der Waals surface area contributed by atoms with Gasteiger partial charge in [-0.2, -0.15) is 0 Å². The minimum atomic E-state index is 0.0165. The molecule has 114 valence electrons. The minimum Gasteiger partial charge on any atom is -0.327 e. The van der Waals surface area contributed by atoms with Crippen molar-refractivity contribution >= 4 is 26.7 Å². The molecule has 22 heavy (non-hydrogen) atoms. The van der Waals surface area contributed by atoms with E-state index in [1.54, 1.807) is 4.57 Å². The van der Waals surface area contributed by atoms with Crippen LogP contribution in [-0.4, -0.2) is 11.1 Å². The van der Waals surface area contributed by atoms with Crippen LogP contribution >= 0.6 is 15.9 Å². The lowest BCUT2D eigenvalue weighted by Crippen LogP contribution is -2.20. The highest BCUT2D eigenvalue weighted by Gasteiger charge is 2.04. The minimum absolute atomic E-state index is 0.0165. The molecule has 0 amide bonds. The van der Waals surface area contributed by atoms with Crippen molar-refractivity contribution in [1.29, 1.82) is 0 Å². The first-order valence-electron chi connectivity index (χ1n) is 7.10. The molecule has 0 saturated heterocycles. The molecular weight excluding hydrogens is 340 g/mol. The van der Waals surface area contributed by atoms with E-state index in [4.69, 9.17) is 5.73 Å². The molecule has 1 aromatic heterocycles. The quantitative estimate of drug-likeness (QED) is 0.630. The Balaban J connectivity index is 2.37.